The van der Waals surface area contributed by atoms with Gasteiger partial charge in [0, 0.05) is 18.6 Å². The zero-order valence-electron chi connectivity index (χ0n) is 33.2. The zero-order valence-corrected chi connectivity index (χ0v) is 33.2. The van der Waals surface area contributed by atoms with Gasteiger partial charge in [-0.1, -0.05) is 33.3 Å². The maximum atomic E-state index is 14.4. The van der Waals surface area contributed by atoms with Crippen molar-refractivity contribution in [3.05, 3.63) is 52.1 Å². The molecule has 0 bridgehead atoms. The summed E-state index contributed by atoms with van der Waals surface area (Å²) in [5, 5.41) is 23.2. The van der Waals surface area contributed by atoms with Crippen LogP contribution in [0.1, 0.15) is 126 Å². The maximum Gasteiger partial charge on any atom is 0.336 e. The van der Waals surface area contributed by atoms with Crippen LogP contribution in [0.5, 0.6) is 0 Å². The second-order valence-corrected chi connectivity index (χ2v) is 18.4. The molecule has 5 rings (SSSR count). The molecular weight excluding hydrogens is 682 g/mol. The van der Waals surface area contributed by atoms with Crippen molar-refractivity contribution in [3.8, 4) is 0 Å². The Labute approximate surface area is 313 Å². The van der Waals surface area contributed by atoms with Gasteiger partial charge in [0.15, 0.2) is 0 Å². The molecule has 1 unspecified atom stereocenters. The molecule has 1 aromatic carbocycles. The van der Waals surface area contributed by atoms with Gasteiger partial charge in [-0.25, -0.2) is 13.6 Å². The van der Waals surface area contributed by atoms with E-state index in [0.29, 0.717) is 36.0 Å². The summed E-state index contributed by atoms with van der Waals surface area (Å²) in [7, 11) is 0. The highest BCUT2D eigenvalue weighted by Crippen LogP contribution is 2.74. The SMILES string of the molecule is CC(=O)O[C@H]1C[C@@]2(C)[C@@H](C[C@@H](O)C3[C@]2(C)CC[C@H]2[C@H](C)[C@H](O)CC[C@]32C)/C1=C(\CCC(=C(C)C)c1cc(F)cc(F)c1)C(=O)OCOC(=O)C(C)(C)C. The third kappa shape index (κ3) is 7.48. The number of esters is 3. The average molecular weight is 743 g/mol. The molecule has 4 aliphatic carbocycles. The molecule has 294 valence electrons. The summed E-state index contributed by atoms with van der Waals surface area (Å²) < 4.78 is 45.9. The molecule has 10 heteroatoms. The molecule has 4 fully saturated rings. The van der Waals surface area contributed by atoms with Gasteiger partial charge in [-0.15, -0.1) is 0 Å². The summed E-state index contributed by atoms with van der Waals surface area (Å²) in [6, 6.07) is 3.33. The molecule has 10 atom stereocenters. The van der Waals surface area contributed by atoms with E-state index in [1.165, 1.54) is 19.1 Å². The van der Waals surface area contributed by atoms with Gasteiger partial charge in [-0.05, 0) is 155 Å². The molecular formula is C43H60F2O8. The van der Waals surface area contributed by atoms with Crippen molar-refractivity contribution in [2.75, 3.05) is 6.79 Å². The number of allylic oxidation sites excluding steroid dienone is 2. The topological polar surface area (TPSA) is 119 Å². The highest BCUT2D eigenvalue weighted by atomic mass is 19.1. The Kier molecular flexibility index (Phi) is 11.5. The average Bonchev–Trinajstić information content (AvgIpc) is 3.30. The predicted octanol–water partition coefficient (Wildman–Crippen LogP) is 8.48. The van der Waals surface area contributed by atoms with E-state index >= 15 is 0 Å². The van der Waals surface area contributed by atoms with Crippen molar-refractivity contribution in [3.63, 3.8) is 0 Å². The van der Waals surface area contributed by atoms with E-state index in [4.69, 9.17) is 14.2 Å². The maximum absolute atomic E-state index is 14.4. The van der Waals surface area contributed by atoms with Crippen molar-refractivity contribution >= 4 is 23.5 Å². The number of aliphatic hydroxyl groups excluding tert-OH is 2. The smallest absolute Gasteiger partial charge is 0.336 e. The number of carbonyl (C=O) groups excluding carboxylic acids is 3. The number of rotatable bonds is 8. The largest absolute Gasteiger partial charge is 0.458 e. The lowest BCUT2D eigenvalue weighted by molar-refractivity contribution is -0.234. The Morgan fingerprint density at radius 2 is 1.53 bits per heavy atom. The molecule has 2 N–H and O–H groups in total. The van der Waals surface area contributed by atoms with E-state index in [0.717, 1.165) is 30.9 Å². The standard InChI is InChI=1S/C43H60F2O8/c1-23(2)29(26-17-27(44)19-28(45)18-26)11-12-30(38(49)51-22-52-39(50)40(5,6)7)36-32-20-34(48)37-41(8)15-14-33(47)24(3)31(41)13-16-42(37,9)43(32,10)21-35(36)53-25(4)46/h17-19,24,31-35,37,47-48H,11-16,20-22H2,1-10H3/b36-30-/t24-,31-,32-,33+,34+,35-,37?,41-,42-,43-/m0/s1. The Morgan fingerprint density at radius 3 is 2.11 bits per heavy atom. The number of hydrogen-bond donors (Lipinski definition) is 2. The molecule has 0 amide bonds. The van der Waals surface area contributed by atoms with Crippen LogP contribution in [-0.4, -0.2) is 53.2 Å². The van der Waals surface area contributed by atoms with E-state index in [-0.39, 0.29) is 53.6 Å². The van der Waals surface area contributed by atoms with Gasteiger partial charge in [-0.2, -0.15) is 0 Å². The molecule has 0 aliphatic heterocycles. The lowest BCUT2D eigenvalue weighted by atomic mass is 9.36. The minimum absolute atomic E-state index is 0.0792. The summed E-state index contributed by atoms with van der Waals surface area (Å²) in [4.78, 5) is 39.6. The molecule has 0 heterocycles. The summed E-state index contributed by atoms with van der Waals surface area (Å²) in [6.07, 6.45) is 2.33. The van der Waals surface area contributed by atoms with Crippen LogP contribution >= 0.6 is 0 Å². The van der Waals surface area contributed by atoms with Gasteiger partial charge in [0.2, 0.25) is 6.79 Å². The molecule has 4 aliphatic rings. The number of aliphatic hydroxyl groups is 2. The minimum atomic E-state index is -0.825. The van der Waals surface area contributed by atoms with E-state index in [1.54, 1.807) is 20.8 Å². The number of fused-ring (bicyclic) bond motifs is 5. The first-order chi connectivity index (χ1) is 24.5. The number of carbonyl (C=O) groups is 3. The molecule has 8 nitrogen and oxygen atoms in total. The molecule has 1 aromatic rings. The van der Waals surface area contributed by atoms with Gasteiger partial charge in [-0.3, -0.25) is 9.59 Å². The van der Waals surface area contributed by atoms with Crippen LogP contribution < -0.4 is 0 Å². The molecule has 0 aromatic heterocycles. The number of benzene rings is 1. The monoisotopic (exact) mass is 742 g/mol. The van der Waals surface area contributed by atoms with Crippen LogP contribution in [0.3, 0.4) is 0 Å². The van der Waals surface area contributed by atoms with Crippen LogP contribution in [0.25, 0.3) is 5.57 Å². The Hall–Kier alpha value is -3.11. The highest BCUT2D eigenvalue weighted by molar-refractivity contribution is 5.90. The summed E-state index contributed by atoms with van der Waals surface area (Å²) in [5.74, 6) is -3.33. The van der Waals surface area contributed by atoms with E-state index in [1.807, 2.05) is 13.8 Å². The molecule has 53 heavy (non-hydrogen) atoms. The first-order valence-electron chi connectivity index (χ1n) is 19.3. The van der Waals surface area contributed by atoms with Crippen molar-refractivity contribution < 1.29 is 47.6 Å². The molecule has 0 spiro atoms. The minimum Gasteiger partial charge on any atom is -0.458 e. The van der Waals surface area contributed by atoms with E-state index in [9.17, 15) is 33.4 Å². The fourth-order valence-corrected chi connectivity index (χ4v) is 11.4. The lowest BCUT2D eigenvalue weighted by Crippen LogP contribution is -2.65. The Balaban J connectivity index is 1.61. The molecule has 0 radical (unpaired) electrons. The quantitative estimate of drug-likeness (QED) is 0.155. The van der Waals surface area contributed by atoms with Crippen LogP contribution in [-0.2, 0) is 28.6 Å². The summed E-state index contributed by atoms with van der Waals surface area (Å²) in [5.41, 5.74) is 0.677. The first-order valence-corrected chi connectivity index (χ1v) is 19.3. The Bertz CT molecular complexity index is 1650. The highest BCUT2D eigenvalue weighted by Gasteiger charge is 2.71. The summed E-state index contributed by atoms with van der Waals surface area (Å²) >= 11 is 0. The van der Waals surface area contributed by atoms with E-state index in [2.05, 4.69) is 27.7 Å². The van der Waals surface area contributed by atoms with Gasteiger partial charge in [0.25, 0.3) is 0 Å². The fraction of sp³-hybridized carbons (Fsp3) is 0.698. The number of halogens is 2. The summed E-state index contributed by atoms with van der Waals surface area (Å²) in [6.45, 7) is 18.3. The van der Waals surface area contributed by atoms with E-state index < -0.39 is 64.8 Å². The van der Waals surface area contributed by atoms with Gasteiger partial charge >= 0.3 is 17.9 Å². The van der Waals surface area contributed by atoms with Gasteiger partial charge < -0.3 is 24.4 Å². The third-order valence-electron chi connectivity index (χ3n) is 14.0. The Morgan fingerprint density at radius 1 is 0.887 bits per heavy atom. The van der Waals surface area contributed by atoms with Crippen LogP contribution in [0.4, 0.5) is 8.78 Å². The molecule has 4 saturated carbocycles. The fourth-order valence-electron chi connectivity index (χ4n) is 11.4. The number of ether oxygens (including phenoxy) is 3. The first kappa shape index (κ1) is 41.1. The van der Waals surface area contributed by atoms with Gasteiger partial charge in [0.1, 0.15) is 17.7 Å². The van der Waals surface area contributed by atoms with Crippen molar-refractivity contribution in [1.82, 2.24) is 0 Å². The van der Waals surface area contributed by atoms with Crippen molar-refractivity contribution in [2.24, 2.45) is 45.3 Å². The second-order valence-electron chi connectivity index (χ2n) is 18.4. The van der Waals surface area contributed by atoms with Crippen molar-refractivity contribution in [1.29, 1.82) is 0 Å². The van der Waals surface area contributed by atoms with Crippen LogP contribution in [0, 0.1) is 57.0 Å². The van der Waals surface area contributed by atoms with Crippen molar-refractivity contribution in [2.45, 2.75) is 139 Å². The normalized spacial score (nSPS) is 36.0. The van der Waals surface area contributed by atoms with Crippen LogP contribution in [0.2, 0.25) is 0 Å². The van der Waals surface area contributed by atoms with Crippen LogP contribution in [0.15, 0.2) is 34.9 Å². The third-order valence-corrected chi connectivity index (χ3v) is 14.0. The predicted molar refractivity (Wildman–Crippen MR) is 197 cm³/mol. The zero-order chi connectivity index (χ0) is 39.4. The lowest BCUT2D eigenvalue weighted by Gasteiger charge is -2.69. The van der Waals surface area contributed by atoms with Gasteiger partial charge in [0.05, 0.1) is 17.6 Å². The number of hydrogen-bond acceptors (Lipinski definition) is 8. The second kappa shape index (κ2) is 14.9. The molecule has 0 saturated heterocycles.